The molecular formula is C25H23ClN2O4. The van der Waals surface area contributed by atoms with E-state index in [4.69, 9.17) is 21.1 Å². The second kappa shape index (κ2) is 10.2. The first-order chi connectivity index (χ1) is 15.4. The SMILES string of the molecule is CCOc1ccc(/C=C2/C(=O)N(Cc3ccccc3Cl)C(=O)C(C#N)=C2C)cc1OCC. The lowest BCUT2D eigenvalue weighted by molar-refractivity contribution is -0.141. The van der Waals surface area contributed by atoms with Crippen LogP contribution in [0.15, 0.2) is 59.2 Å². The molecule has 0 radical (unpaired) electrons. The number of imide groups is 1. The number of rotatable bonds is 7. The molecule has 0 aromatic heterocycles. The second-order valence-corrected chi connectivity index (χ2v) is 7.44. The summed E-state index contributed by atoms with van der Waals surface area (Å²) in [4.78, 5) is 27.2. The number of hydrogen-bond donors (Lipinski definition) is 0. The van der Waals surface area contributed by atoms with Crippen LogP contribution in [0.2, 0.25) is 5.02 Å². The minimum atomic E-state index is -0.631. The van der Waals surface area contributed by atoms with Gasteiger partial charge in [-0.1, -0.05) is 35.9 Å². The van der Waals surface area contributed by atoms with Crippen molar-refractivity contribution in [2.45, 2.75) is 27.3 Å². The number of nitriles is 1. The van der Waals surface area contributed by atoms with Crippen molar-refractivity contribution in [3.05, 3.63) is 75.3 Å². The van der Waals surface area contributed by atoms with Gasteiger partial charge in [0.05, 0.1) is 19.8 Å². The first kappa shape index (κ1) is 23.1. The van der Waals surface area contributed by atoms with E-state index in [9.17, 15) is 14.9 Å². The molecule has 2 aromatic rings. The van der Waals surface area contributed by atoms with Crippen LogP contribution in [0.4, 0.5) is 0 Å². The van der Waals surface area contributed by atoms with E-state index in [0.29, 0.717) is 46.4 Å². The molecule has 6 nitrogen and oxygen atoms in total. The maximum Gasteiger partial charge on any atom is 0.271 e. The number of nitrogens with zero attached hydrogens (tertiary/aromatic N) is 2. The molecule has 1 aliphatic rings. The summed E-state index contributed by atoms with van der Waals surface area (Å²) in [5, 5.41) is 10.0. The summed E-state index contributed by atoms with van der Waals surface area (Å²) < 4.78 is 11.3. The molecule has 0 N–H and O–H groups in total. The van der Waals surface area contributed by atoms with Gasteiger partial charge in [0.15, 0.2) is 11.5 Å². The third-order valence-electron chi connectivity index (χ3n) is 4.99. The van der Waals surface area contributed by atoms with E-state index < -0.39 is 11.8 Å². The summed E-state index contributed by atoms with van der Waals surface area (Å²) in [6.07, 6.45) is 1.65. The minimum absolute atomic E-state index is 0.0272. The Balaban J connectivity index is 2.05. The van der Waals surface area contributed by atoms with Crippen molar-refractivity contribution in [3.8, 4) is 17.6 Å². The smallest absolute Gasteiger partial charge is 0.271 e. The van der Waals surface area contributed by atoms with Gasteiger partial charge in [0.2, 0.25) is 0 Å². The average molecular weight is 451 g/mol. The zero-order valence-electron chi connectivity index (χ0n) is 18.1. The van der Waals surface area contributed by atoms with Gasteiger partial charge in [-0.15, -0.1) is 0 Å². The van der Waals surface area contributed by atoms with Crippen LogP contribution in [0.3, 0.4) is 0 Å². The third-order valence-corrected chi connectivity index (χ3v) is 5.36. The van der Waals surface area contributed by atoms with Crippen LogP contribution in [0, 0.1) is 11.3 Å². The number of carbonyl (C=O) groups is 2. The molecule has 3 rings (SSSR count). The van der Waals surface area contributed by atoms with Crippen LogP contribution >= 0.6 is 11.6 Å². The zero-order valence-corrected chi connectivity index (χ0v) is 18.9. The largest absolute Gasteiger partial charge is 0.490 e. The first-order valence-corrected chi connectivity index (χ1v) is 10.6. The number of amides is 2. The Hall–Kier alpha value is -3.56. The van der Waals surface area contributed by atoms with Crippen molar-refractivity contribution in [3.63, 3.8) is 0 Å². The Labute approximate surface area is 192 Å². The number of benzene rings is 2. The molecule has 2 amide bonds. The van der Waals surface area contributed by atoms with Crippen LogP contribution in [0.1, 0.15) is 31.9 Å². The first-order valence-electron chi connectivity index (χ1n) is 10.2. The predicted octanol–water partition coefficient (Wildman–Crippen LogP) is 4.93. The van der Waals surface area contributed by atoms with E-state index in [0.717, 1.165) is 4.90 Å². The highest BCUT2D eigenvalue weighted by Crippen LogP contribution is 2.32. The molecule has 7 heteroatoms. The van der Waals surface area contributed by atoms with Gasteiger partial charge in [-0.2, -0.15) is 5.26 Å². The van der Waals surface area contributed by atoms with Crippen molar-refractivity contribution in [1.82, 2.24) is 4.90 Å². The molecule has 32 heavy (non-hydrogen) atoms. The topological polar surface area (TPSA) is 79.6 Å². The summed E-state index contributed by atoms with van der Waals surface area (Å²) in [5.41, 5.74) is 1.83. The molecule has 0 aliphatic carbocycles. The number of carbonyl (C=O) groups excluding carboxylic acids is 2. The molecule has 0 saturated heterocycles. The zero-order chi connectivity index (χ0) is 23.3. The van der Waals surface area contributed by atoms with Crippen molar-refractivity contribution < 1.29 is 19.1 Å². The summed E-state index contributed by atoms with van der Waals surface area (Å²) in [6, 6.07) is 14.2. The van der Waals surface area contributed by atoms with Gasteiger partial charge in [-0.05, 0) is 61.7 Å². The van der Waals surface area contributed by atoms with Crippen molar-refractivity contribution in [2.75, 3.05) is 13.2 Å². The van der Waals surface area contributed by atoms with Gasteiger partial charge < -0.3 is 9.47 Å². The van der Waals surface area contributed by atoms with Crippen molar-refractivity contribution >= 4 is 29.5 Å². The molecule has 0 bridgehead atoms. The summed E-state index contributed by atoms with van der Waals surface area (Å²) >= 11 is 6.22. The average Bonchev–Trinajstić information content (AvgIpc) is 2.78. The van der Waals surface area contributed by atoms with Crippen LogP contribution in [-0.4, -0.2) is 29.9 Å². The molecule has 1 heterocycles. The molecule has 164 valence electrons. The molecule has 2 aromatic carbocycles. The van der Waals surface area contributed by atoms with Crippen molar-refractivity contribution in [1.29, 1.82) is 5.26 Å². The van der Waals surface area contributed by atoms with E-state index in [1.165, 1.54) is 0 Å². The minimum Gasteiger partial charge on any atom is -0.490 e. The van der Waals surface area contributed by atoms with Crippen molar-refractivity contribution in [2.24, 2.45) is 0 Å². The summed E-state index contributed by atoms with van der Waals surface area (Å²) in [7, 11) is 0. The van der Waals surface area contributed by atoms with Gasteiger partial charge in [0, 0.05) is 10.6 Å². The van der Waals surface area contributed by atoms with Crippen LogP contribution in [0.25, 0.3) is 6.08 Å². The van der Waals surface area contributed by atoms with E-state index in [2.05, 4.69) is 0 Å². The maximum atomic E-state index is 13.3. The molecule has 0 fully saturated rings. The fraction of sp³-hybridized carbons (Fsp3) is 0.240. The monoisotopic (exact) mass is 450 g/mol. The molecule has 1 aliphatic heterocycles. The van der Waals surface area contributed by atoms with Gasteiger partial charge in [0.25, 0.3) is 11.8 Å². The standard InChI is InChI=1S/C25H23ClN2O4/c1-4-31-22-11-10-17(13-23(22)32-5-2)12-19-16(3)20(14-27)25(30)28(24(19)29)15-18-8-6-7-9-21(18)26/h6-13H,4-5,15H2,1-3H3/b19-12+. The molecule has 0 unspecified atom stereocenters. The van der Waals surface area contributed by atoms with Crippen LogP contribution in [0.5, 0.6) is 11.5 Å². The van der Waals surface area contributed by atoms with Crippen LogP contribution in [-0.2, 0) is 16.1 Å². The molecule has 0 atom stereocenters. The second-order valence-electron chi connectivity index (χ2n) is 7.03. The highest BCUT2D eigenvalue weighted by Gasteiger charge is 2.35. The highest BCUT2D eigenvalue weighted by molar-refractivity contribution is 6.31. The van der Waals surface area contributed by atoms with Gasteiger partial charge >= 0.3 is 0 Å². The Morgan fingerprint density at radius 1 is 1.03 bits per heavy atom. The van der Waals surface area contributed by atoms with E-state index in [-0.39, 0.29) is 17.7 Å². The predicted molar refractivity (Wildman–Crippen MR) is 122 cm³/mol. The van der Waals surface area contributed by atoms with Gasteiger partial charge in [-0.25, -0.2) is 0 Å². The fourth-order valence-corrected chi connectivity index (χ4v) is 3.59. The van der Waals surface area contributed by atoms with Crippen LogP contribution < -0.4 is 9.47 Å². The quantitative estimate of drug-likeness (QED) is 0.441. The third kappa shape index (κ3) is 4.68. The summed E-state index contributed by atoms with van der Waals surface area (Å²) in [5.74, 6) is 0.0390. The number of halogens is 1. The maximum absolute atomic E-state index is 13.3. The van der Waals surface area contributed by atoms with Gasteiger partial charge in [0.1, 0.15) is 11.6 Å². The number of ether oxygens (including phenoxy) is 2. The Bertz CT molecular complexity index is 1160. The highest BCUT2D eigenvalue weighted by atomic mass is 35.5. The molecular weight excluding hydrogens is 428 g/mol. The Kier molecular flexibility index (Phi) is 7.34. The fourth-order valence-electron chi connectivity index (χ4n) is 3.39. The van der Waals surface area contributed by atoms with E-state index >= 15 is 0 Å². The number of hydrogen-bond acceptors (Lipinski definition) is 5. The molecule has 0 spiro atoms. The normalized spacial score (nSPS) is 15.2. The Morgan fingerprint density at radius 2 is 1.72 bits per heavy atom. The van der Waals surface area contributed by atoms with Gasteiger partial charge in [-0.3, -0.25) is 14.5 Å². The lowest BCUT2D eigenvalue weighted by atomic mass is 9.93. The Morgan fingerprint density at radius 3 is 2.38 bits per heavy atom. The summed E-state index contributed by atoms with van der Waals surface area (Å²) in [6.45, 7) is 6.28. The molecule has 0 saturated carbocycles. The van der Waals surface area contributed by atoms with E-state index in [1.54, 1.807) is 55.5 Å². The lowest BCUT2D eigenvalue weighted by Gasteiger charge is -2.27. The lowest BCUT2D eigenvalue weighted by Crippen LogP contribution is -2.42. The van der Waals surface area contributed by atoms with E-state index in [1.807, 2.05) is 19.9 Å².